The van der Waals surface area contributed by atoms with Gasteiger partial charge >= 0.3 is 0 Å². The van der Waals surface area contributed by atoms with Crippen molar-refractivity contribution in [2.45, 2.75) is 0 Å². The number of carbonyl (C=O) groups excluding carboxylic acids is 1. The molecule has 1 N–H and O–H groups in total. The molecule has 0 aliphatic rings. The van der Waals surface area contributed by atoms with E-state index in [-0.39, 0.29) is 12.5 Å². The molecule has 0 aliphatic heterocycles. The number of carbonyl (C=O) groups is 1. The molecule has 0 fully saturated rings. The molecule has 1 aromatic heterocycles. The average molecular weight is 469 g/mol. The smallest absolute Gasteiger partial charge is 0.264 e. The fourth-order valence-electron chi connectivity index (χ4n) is 2.85. The summed E-state index contributed by atoms with van der Waals surface area (Å²) < 4.78 is 11.7. The number of hydrogen-bond donors (Lipinski definition) is 1. The zero-order valence-corrected chi connectivity index (χ0v) is 17.9. The summed E-state index contributed by atoms with van der Waals surface area (Å²) in [5, 5.41) is 7.41. The Morgan fingerprint density at radius 2 is 1.93 bits per heavy atom. The van der Waals surface area contributed by atoms with Gasteiger partial charge in [-0.2, -0.15) is 0 Å². The SMILES string of the molecule is COc1ccc(-c2csc(NC(=O)COc3ccc4ccccc4c3)n2)cc1Br. The minimum absolute atomic E-state index is 0.0820. The lowest BCUT2D eigenvalue weighted by Crippen LogP contribution is -2.20. The van der Waals surface area contributed by atoms with Crippen molar-refractivity contribution in [1.29, 1.82) is 0 Å². The first-order valence-corrected chi connectivity index (χ1v) is 10.5. The topological polar surface area (TPSA) is 60.5 Å². The Kier molecular flexibility index (Phi) is 5.78. The number of halogens is 1. The Bertz CT molecular complexity index is 1180. The molecule has 1 heterocycles. The third kappa shape index (κ3) is 4.58. The summed E-state index contributed by atoms with van der Waals surface area (Å²) in [6.07, 6.45) is 0. The number of ether oxygens (including phenoxy) is 2. The Labute approximate surface area is 180 Å². The van der Waals surface area contributed by atoms with Crippen molar-refractivity contribution in [2.24, 2.45) is 0 Å². The lowest BCUT2D eigenvalue weighted by molar-refractivity contribution is -0.118. The largest absolute Gasteiger partial charge is 0.496 e. The number of fused-ring (bicyclic) bond motifs is 1. The van der Waals surface area contributed by atoms with Crippen LogP contribution in [0.4, 0.5) is 5.13 Å². The summed E-state index contributed by atoms with van der Waals surface area (Å²) in [6.45, 7) is -0.0820. The van der Waals surface area contributed by atoms with Crippen molar-refractivity contribution in [3.8, 4) is 22.8 Å². The lowest BCUT2D eigenvalue weighted by Gasteiger charge is -2.07. The number of thiazole rings is 1. The van der Waals surface area contributed by atoms with Gasteiger partial charge < -0.3 is 9.47 Å². The molecule has 0 saturated carbocycles. The minimum Gasteiger partial charge on any atom is -0.496 e. The molecule has 0 saturated heterocycles. The van der Waals surface area contributed by atoms with E-state index in [1.54, 1.807) is 7.11 Å². The normalized spacial score (nSPS) is 10.7. The second kappa shape index (κ2) is 8.63. The molecule has 1 amide bonds. The Balaban J connectivity index is 1.38. The number of benzene rings is 3. The van der Waals surface area contributed by atoms with Crippen LogP contribution in [0.1, 0.15) is 0 Å². The fourth-order valence-corrected chi connectivity index (χ4v) is 4.13. The van der Waals surface area contributed by atoms with Gasteiger partial charge in [0.05, 0.1) is 17.3 Å². The molecule has 0 atom stereocenters. The summed E-state index contributed by atoms with van der Waals surface area (Å²) in [4.78, 5) is 16.7. The second-order valence-electron chi connectivity index (χ2n) is 6.23. The van der Waals surface area contributed by atoms with Crippen LogP contribution in [-0.4, -0.2) is 24.6 Å². The first-order chi connectivity index (χ1) is 14.1. The maximum Gasteiger partial charge on any atom is 0.264 e. The first kappa shape index (κ1) is 19.4. The molecule has 0 aliphatic carbocycles. The zero-order valence-electron chi connectivity index (χ0n) is 15.5. The average Bonchev–Trinajstić information content (AvgIpc) is 3.20. The van der Waals surface area contributed by atoms with Crippen LogP contribution in [0.15, 0.2) is 70.5 Å². The van der Waals surface area contributed by atoms with Crippen LogP contribution in [0.3, 0.4) is 0 Å². The van der Waals surface area contributed by atoms with E-state index < -0.39 is 0 Å². The number of rotatable bonds is 6. The van der Waals surface area contributed by atoms with E-state index in [2.05, 4.69) is 26.2 Å². The van der Waals surface area contributed by atoms with E-state index in [0.717, 1.165) is 32.3 Å². The highest BCUT2D eigenvalue weighted by molar-refractivity contribution is 9.10. The third-order valence-corrected chi connectivity index (χ3v) is 5.67. The molecule has 0 bridgehead atoms. The molecule has 4 rings (SSSR count). The number of amides is 1. The number of anilines is 1. The number of nitrogens with zero attached hydrogens (tertiary/aromatic N) is 1. The van der Waals surface area contributed by atoms with Crippen LogP contribution < -0.4 is 14.8 Å². The quantitative estimate of drug-likeness (QED) is 0.391. The standard InChI is InChI=1S/C22H17BrN2O3S/c1-27-20-9-7-16(11-18(20)23)19-13-29-22(24-19)25-21(26)12-28-17-8-6-14-4-2-3-5-15(14)10-17/h2-11,13H,12H2,1H3,(H,24,25,26). The van der Waals surface area contributed by atoms with Gasteiger partial charge in [0, 0.05) is 10.9 Å². The van der Waals surface area contributed by atoms with Gasteiger partial charge in [-0.05, 0) is 57.0 Å². The molecule has 7 heteroatoms. The Hall–Kier alpha value is -2.90. The van der Waals surface area contributed by atoms with Crippen LogP contribution in [0.25, 0.3) is 22.0 Å². The fraction of sp³-hybridized carbons (Fsp3) is 0.0909. The summed E-state index contributed by atoms with van der Waals surface area (Å²) >= 11 is 4.84. The number of nitrogens with one attached hydrogen (secondary N) is 1. The van der Waals surface area contributed by atoms with Gasteiger partial charge in [-0.25, -0.2) is 4.98 Å². The minimum atomic E-state index is -0.255. The van der Waals surface area contributed by atoms with Gasteiger partial charge in [-0.3, -0.25) is 10.1 Å². The highest BCUT2D eigenvalue weighted by Crippen LogP contribution is 2.32. The zero-order chi connectivity index (χ0) is 20.2. The van der Waals surface area contributed by atoms with E-state index >= 15 is 0 Å². The lowest BCUT2D eigenvalue weighted by atomic mass is 10.1. The van der Waals surface area contributed by atoms with Gasteiger partial charge in [0.15, 0.2) is 11.7 Å². The second-order valence-corrected chi connectivity index (χ2v) is 7.95. The molecule has 3 aromatic carbocycles. The van der Waals surface area contributed by atoms with Crippen molar-refractivity contribution in [1.82, 2.24) is 4.98 Å². The summed E-state index contributed by atoms with van der Waals surface area (Å²) in [5.41, 5.74) is 1.71. The predicted molar refractivity (Wildman–Crippen MR) is 120 cm³/mol. The molecule has 0 spiro atoms. The van der Waals surface area contributed by atoms with Crippen LogP contribution in [0.2, 0.25) is 0 Å². The molecule has 0 radical (unpaired) electrons. The maximum absolute atomic E-state index is 12.2. The van der Waals surface area contributed by atoms with Gasteiger partial charge in [0.2, 0.25) is 0 Å². The number of aromatic nitrogens is 1. The van der Waals surface area contributed by atoms with E-state index in [1.807, 2.05) is 66.0 Å². The van der Waals surface area contributed by atoms with Crippen LogP contribution in [-0.2, 0) is 4.79 Å². The van der Waals surface area contributed by atoms with Crippen molar-refractivity contribution in [3.63, 3.8) is 0 Å². The predicted octanol–water partition coefficient (Wildman–Crippen LogP) is 5.75. The Morgan fingerprint density at radius 3 is 2.72 bits per heavy atom. The molecular weight excluding hydrogens is 452 g/mol. The van der Waals surface area contributed by atoms with Gasteiger partial charge in [0.1, 0.15) is 11.5 Å². The van der Waals surface area contributed by atoms with E-state index in [9.17, 15) is 4.79 Å². The van der Waals surface area contributed by atoms with E-state index in [4.69, 9.17) is 9.47 Å². The van der Waals surface area contributed by atoms with E-state index in [1.165, 1.54) is 11.3 Å². The van der Waals surface area contributed by atoms with Crippen molar-refractivity contribution < 1.29 is 14.3 Å². The summed E-state index contributed by atoms with van der Waals surface area (Å²) in [6, 6.07) is 19.5. The maximum atomic E-state index is 12.2. The van der Waals surface area contributed by atoms with Gasteiger partial charge in [0.25, 0.3) is 5.91 Å². The number of methoxy groups -OCH3 is 1. The molecule has 146 valence electrons. The highest BCUT2D eigenvalue weighted by atomic mass is 79.9. The van der Waals surface area contributed by atoms with E-state index in [0.29, 0.717) is 10.9 Å². The van der Waals surface area contributed by atoms with Crippen LogP contribution >= 0.6 is 27.3 Å². The Morgan fingerprint density at radius 1 is 1.10 bits per heavy atom. The van der Waals surface area contributed by atoms with Crippen molar-refractivity contribution in [3.05, 3.63) is 70.5 Å². The molecule has 29 heavy (non-hydrogen) atoms. The third-order valence-electron chi connectivity index (χ3n) is 4.29. The highest BCUT2D eigenvalue weighted by Gasteiger charge is 2.10. The molecule has 0 unspecified atom stereocenters. The summed E-state index contributed by atoms with van der Waals surface area (Å²) in [5.74, 6) is 1.15. The van der Waals surface area contributed by atoms with Gasteiger partial charge in [-0.1, -0.05) is 30.3 Å². The molecular formula is C22H17BrN2O3S. The van der Waals surface area contributed by atoms with Crippen LogP contribution in [0, 0.1) is 0 Å². The number of hydrogen-bond acceptors (Lipinski definition) is 5. The van der Waals surface area contributed by atoms with Crippen LogP contribution in [0.5, 0.6) is 11.5 Å². The molecule has 5 nitrogen and oxygen atoms in total. The van der Waals surface area contributed by atoms with Crippen molar-refractivity contribution >= 4 is 49.1 Å². The first-order valence-electron chi connectivity index (χ1n) is 8.83. The van der Waals surface area contributed by atoms with Crippen molar-refractivity contribution in [2.75, 3.05) is 19.0 Å². The molecule has 4 aromatic rings. The van der Waals surface area contributed by atoms with Gasteiger partial charge in [-0.15, -0.1) is 11.3 Å². The summed E-state index contributed by atoms with van der Waals surface area (Å²) in [7, 11) is 1.62. The monoisotopic (exact) mass is 468 g/mol.